The molecule has 2 aromatic heterocycles. The van der Waals surface area contributed by atoms with Gasteiger partial charge in [0, 0.05) is 16.2 Å². The average molecular weight is 236 g/mol. The Bertz CT molecular complexity index is 440. The predicted octanol–water partition coefficient (Wildman–Crippen LogP) is 3.93. The predicted molar refractivity (Wildman–Crippen MR) is 66.0 cm³/mol. The van der Waals surface area contributed by atoms with E-state index in [1.54, 1.807) is 22.7 Å². The van der Waals surface area contributed by atoms with Crippen LogP contribution in [0.5, 0.6) is 0 Å². The van der Waals surface area contributed by atoms with E-state index in [0.29, 0.717) is 6.42 Å². The summed E-state index contributed by atoms with van der Waals surface area (Å²) in [7, 11) is 0. The van der Waals surface area contributed by atoms with E-state index in [-0.39, 0.29) is 5.78 Å². The molecule has 15 heavy (non-hydrogen) atoms. The lowest BCUT2D eigenvalue weighted by atomic mass is 10.2. The first-order valence-electron chi connectivity index (χ1n) is 4.88. The Labute approximate surface area is 97.4 Å². The van der Waals surface area contributed by atoms with Crippen LogP contribution in [0, 0.1) is 6.92 Å². The van der Waals surface area contributed by atoms with Gasteiger partial charge in [-0.05, 0) is 36.9 Å². The second-order valence-corrected chi connectivity index (χ2v) is 5.73. The Morgan fingerprint density at radius 3 is 2.80 bits per heavy atom. The zero-order valence-electron chi connectivity index (χ0n) is 8.53. The van der Waals surface area contributed by atoms with Gasteiger partial charge >= 0.3 is 0 Å². The van der Waals surface area contributed by atoms with Gasteiger partial charge in [0.05, 0.1) is 4.88 Å². The molecule has 0 N–H and O–H groups in total. The highest BCUT2D eigenvalue weighted by Gasteiger charge is 2.08. The van der Waals surface area contributed by atoms with Crippen molar-refractivity contribution in [3.8, 4) is 0 Å². The number of hydrogen-bond acceptors (Lipinski definition) is 3. The number of Topliss-reactive ketones (excluding diaryl/α,β-unsaturated/α-hetero) is 1. The fraction of sp³-hybridized carbons (Fsp3) is 0.250. The lowest BCUT2D eigenvalue weighted by molar-refractivity contribution is 0.0987. The Kier molecular flexibility index (Phi) is 3.34. The quantitative estimate of drug-likeness (QED) is 0.735. The number of ketones is 1. The van der Waals surface area contributed by atoms with E-state index in [4.69, 9.17) is 0 Å². The first-order valence-corrected chi connectivity index (χ1v) is 6.57. The Morgan fingerprint density at radius 2 is 2.20 bits per heavy atom. The van der Waals surface area contributed by atoms with Gasteiger partial charge in [-0.3, -0.25) is 4.79 Å². The molecule has 0 aromatic carbocycles. The molecular weight excluding hydrogens is 224 g/mol. The maximum absolute atomic E-state index is 11.8. The summed E-state index contributed by atoms with van der Waals surface area (Å²) in [5, 5.41) is 2.05. The molecule has 0 spiro atoms. The normalized spacial score (nSPS) is 10.5. The average Bonchev–Trinajstić information content (AvgIpc) is 2.84. The molecule has 1 nitrogen and oxygen atoms in total. The van der Waals surface area contributed by atoms with Gasteiger partial charge in [0.15, 0.2) is 5.78 Å². The minimum absolute atomic E-state index is 0.265. The third-order valence-electron chi connectivity index (χ3n) is 2.19. The topological polar surface area (TPSA) is 17.1 Å². The third kappa shape index (κ3) is 2.76. The largest absolute Gasteiger partial charge is 0.293 e. The number of carbonyl (C=O) groups excluding carboxylic acids is 1. The van der Waals surface area contributed by atoms with Gasteiger partial charge in [0.1, 0.15) is 0 Å². The molecule has 0 amide bonds. The molecule has 0 aliphatic rings. The summed E-state index contributed by atoms with van der Waals surface area (Å²) in [6, 6.07) is 8.04. The SMILES string of the molecule is Cc1ccc(C(=O)CCc2cccs2)s1. The van der Waals surface area contributed by atoms with Crippen LogP contribution in [0.25, 0.3) is 0 Å². The van der Waals surface area contributed by atoms with E-state index in [0.717, 1.165) is 11.3 Å². The summed E-state index contributed by atoms with van der Waals surface area (Å²) in [4.78, 5) is 15.2. The zero-order valence-corrected chi connectivity index (χ0v) is 10.2. The minimum atomic E-state index is 0.265. The van der Waals surface area contributed by atoms with Crippen molar-refractivity contribution in [3.05, 3.63) is 44.3 Å². The summed E-state index contributed by atoms with van der Waals surface area (Å²) in [5.41, 5.74) is 0. The number of hydrogen-bond donors (Lipinski definition) is 0. The monoisotopic (exact) mass is 236 g/mol. The molecule has 0 bridgehead atoms. The van der Waals surface area contributed by atoms with Crippen molar-refractivity contribution >= 4 is 28.5 Å². The molecule has 3 heteroatoms. The van der Waals surface area contributed by atoms with Gasteiger partial charge < -0.3 is 0 Å². The Morgan fingerprint density at radius 1 is 1.33 bits per heavy atom. The van der Waals surface area contributed by atoms with E-state index >= 15 is 0 Å². The van der Waals surface area contributed by atoms with Gasteiger partial charge in [0.2, 0.25) is 0 Å². The van der Waals surface area contributed by atoms with E-state index < -0.39 is 0 Å². The molecule has 2 rings (SSSR count). The van der Waals surface area contributed by atoms with E-state index in [9.17, 15) is 4.79 Å². The van der Waals surface area contributed by atoms with Gasteiger partial charge in [0.25, 0.3) is 0 Å². The van der Waals surface area contributed by atoms with Crippen LogP contribution in [0.1, 0.15) is 25.8 Å². The van der Waals surface area contributed by atoms with Crippen molar-refractivity contribution in [1.29, 1.82) is 0 Å². The number of thiophene rings is 2. The van der Waals surface area contributed by atoms with Gasteiger partial charge in [-0.2, -0.15) is 0 Å². The molecule has 0 saturated carbocycles. The van der Waals surface area contributed by atoms with Crippen LogP contribution in [0.3, 0.4) is 0 Å². The maximum Gasteiger partial charge on any atom is 0.173 e. The van der Waals surface area contributed by atoms with Crippen LogP contribution in [-0.4, -0.2) is 5.78 Å². The molecule has 0 radical (unpaired) electrons. The smallest absolute Gasteiger partial charge is 0.173 e. The summed E-state index contributed by atoms with van der Waals surface area (Å²) in [6.45, 7) is 2.03. The van der Waals surface area contributed by atoms with Crippen LogP contribution in [0.4, 0.5) is 0 Å². The molecule has 0 saturated heterocycles. The van der Waals surface area contributed by atoms with Crippen LogP contribution < -0.4 is 0 Å². The molecule has 2 heterocycles. The maximum atomic E-state index is 11.8. The summed E-state index contributed by atoms with van der Waals surface area (Å²) >= 11 is 3.30. The van der Waals surface area contributed by atoms with Crippen molar-refractivity contribution in [2.45, 2.75) is 19.8 Å². The van der Waals surface area contributed by atoms with Crippen LogP contribution in [0.2, 0.25) is 0 Å². The lowest BCUT2D eigenvalue weighted by Gasteiger charge is -1.95. The van der Waals surface area contributed by atoms with Crippen molar-refractivity contribution in [1.82, 2.24) is 0 Å². The summed E-state index contributed by atoms with van der Waals surface area (Å²) < 4.78 is 0. The molecule has 0 atom stereocenters. The first kappa shape index (κ1) is 10.6. The van der Waals surface area contributed by atoms with Crippen molar-refractivity contribution in [2.75, 3.05) is 0 Å². The zero-order chi connectivity index (χ0) is 10.7. The second kappa shape index (κ2) is 4.73. The molecule has 0 aliphatic carbocycles. The Hall–Kier alpha value is -0.930. The molecule has 0 fully saturated rings. The molecule has 0 aliphatic heterocycles. The molecule has 2 aromatic rings. The second-order valence-electron chi connectivity index (χ2n) is 3.41. The van der Waals surface area contributed by atoms with Gasteiger partial charge in [-0.15, -0.1) is 22.7 Å². The van der Waals surface area contributed by atoms with Crippen molar-refractivity contribution in [2.24, 2.45) is 0 Å². The minimum Gasteiger partial charge on any atom is -0.293 e. The molecular formula is C12H12OS2. The fourth-order valence-electron chi connectivity index (χ4n) is 1.40. The summed E-state index contributed by atoms with van der Waals surface area (Å²) in [6.07, 6.45) is 1.49. The van der Waals surface area contributed by atoms with Crippen LogP contribution in [0.15, 0.2) is 29.6 Å². The highest BCUT2D eigenvalue weighted by Crippen LogP contribution is 2.19. The summed E-state index contributed by atoms with van der Waals surface area (Å²) in [5.74, 6) is 0.265. The van der Waals surface area contributed by atoms with Crippen molar-refractivity contribution < 1.29 is 4.79 Å². The number of carbonyl (C=O) groups is 1. The van der Waals surface area contributed by atoms with Crippen LogP contribution >= 0.6 is 22.7 Å². The van der Waals surface area contributed by atoms with Crippen molar-refractivity contribution in [3.63, 3.8) is 0 Å². The van der Waals surface area contributed by atoms with E-state index in [2.05, 4.69) is 11.4 Å². The molecule has 78 valence electrons. The van der Waals surface area contributed by atoms with E-state index in [1.165, 1.54) is 9.75 Å². The fourth-order valence-corrected chi connectivity index (χ4v) is 2.94. The third-order valence-corrected chi connectivity index (χ3v) is 4.17. The highest BCUT2D eigenvalue weighted by atomic mass is 32.1. The van der Waals surface area contributed by atoms with Gasteiger partial charge in [-0.1, -0.05) is 6.07 Å². The molecule has 0 unspecified atom stereocenters. The standard InChI is InChI=1S/C12H12OS2/c1-9-4-7-12(15-9)11(13)6-5-10-3-2-8-14-10/h2-4,7-8H,5-6H2,1H3. The number of aryl methyl sites for hydroxylation is 2. The Balaban J connectivity index is 1.93. The highest BCUT2D eigenvalue weighted by molar-refractivity contribution is 7.14. The van der Waals surface area contributed by atoms with E-state index in [1.807, 2.05) is 25.1 Å². The first-order chi connectivity index (χ1) is 7.25. The van der Waals surface area contributed by atoms with Crippen LogP contribution in [-0.2, 0) is 6.42 Å². The van der Waals surface area contributed by atoms with Gasteiger partial charge in [-0.25, -0.2) is 0 Å². The number of rotatable bonds is 4. The lowest BCUT2D eigenvalue weighted by Crippen LogP contribution is -1.97.